The Bertz CT molecular complexity index is 315. The Morgan fingerprint density at radius 1 is 1.58 bits per heavy atom. The SMILES string of the molecule is COC(=O)c1occc1C(=O)Cl. The van der Waals surface area contributed by atoms with Crippen molar-refractivity contribution >= 4 is 22.8 Å². The number of rotatable bonds is 2. The fraction of sp³-hybridized carbons (Fsp3) is 0.143. The predicted octanol–water partition coefficient (Wildman–Crippen LogP) is 1.45. The van der Waals surface area contributed by atoms with Crippen molar-refractivity contribution < 1.29 is 18.7 Å². The Morgan fingerprint density at radius 2 is 2.25 bits per heavy atom. The molecule has 0 saturated heterocycles. The van der Waals surface area contributed by atoms with Crippen LogP contribution in [0, 0.1) is 0 Å². The van der Waals surface area contributed by atoms with E-state index in [0.717, 1.165) is 0 Å². The molecule has 0 aliphatic rings. The highest BCUT2D eigenvalue weighted by Crippen LogP contribution is 2.13. The molecule has 0 N–H and O–H groups in total. The van der Waals surface area contributed by atoms with Crippen molar-refractivity contribution in [2.24, 2.45) is 0 Å². The van der Waals surface area contributed by atoms with Crippen LogP contribution in [-0.4, -0.2) is 18.3 Å². The Labute approximate surface area is 73.1 Å². The molecule has 0 radical (unpaired) electrons. The lowest BCUT2D eigenvalue weighted by molar-refractivity contribution is 0.0562. The molecule has 0 atom stereocenters. The summed E-state index contributed by atoms with van der Waals surface area (Å²) < 4.78 is 9.04. The number of carbonyl (C=O) groups is 2. The van der Waals surface area contributed by atoms with Crippen molar-refractivity contribution in [1.29, 1.82) is 0 Å². The first-order chi connectivity index (χ1) is 5.66. The maximum Gasteiger partial charge on any atom is 0.374 e. The molecule has 64 valence electrons. The van der Waals surface area contributed by atoms with Gasteiger partial charge in [-0.1, -0.05) is 0 Å². The van der Waals surface area contributed by atoms with Crippen molar-refractivity contribution in [3.63, 3.8) is 0 Å². The van der Waals surface area contributed by atoms with E-state index in [1.807, 2.05) is 0 Å². The lowest BCUT2D eigenvalue weighted by atomic mass is 10.3. The van der Waals surface area contributed by atoms with E-state index in [4.69, 9.17) is 16.0 Å². The minimum atomic E-state index is -0.746. The van der Waals surface area contributed by atoms with Crippen molar-refractivity contribution in [1.82, 2.24) is 0 Å². The number of hydrogen-bond acceptors (Lipinski definition) is 4. The third-order valence-electron chi connectivity index (χ3n) is 1.25. The lowest BCUT2D eigenvalue weighted by Crippen LogP contribution is -2.04. The molecule has 1 rings (SSSR count). The number of methoxy groups -OCH3 is 1. The van der Waals surface area contributed by atoms with Crippen LogP contribution in [0.4, 0.5) is 0 Å². The molecule has 5 heteroatoms. The zero-order valence-corrected chi connectivity index (χ0v) is 6.92. The topological polar surface area (TPSA) is 56.5 Å². The monoisotopic (exact) mass is 188 g/mol. The van der Waals surface area contributed by atoms with Crippen molar-refractivity contribution in [3.8, 4) is 0 Å². The average Bonchev–Trinajstić information content (AvgIpc) is 2.50. The summed E-state index contributed by atoms with van der Waals surface area (Å²) in [6.45, 7) is 0. The highest BCUT2D eigenvalue weighted by molar-refractivity contribution is 6.68. The average molecular weight is 189 g/mol. The maximum atomic E-state index is 10.9. The van der Waals surface area contributed by atoms with Gasteiger partial charge in [0.1, 0.15) is 0 Å². The van der Waals surface area contributed by atoms with E-state index in [0.29, 0.717) is 0 Å². The van der Waals surface area contributed by atoms with Crippen molar-refractivity contribution in [3.05, 3.63) is 23.7 Å². The number of furan rings is 1. The molecule has 0 fully saturated rings. The highest BCUT2D eigenvalue weighted by atomic mass is 35.5. The summed E-state index contributed by atoms with van der Waals surface area (Å²) in [4.78, 5) is 21.5. The van der Waals surface area contributed by atoms with Crippen LogP contribution in [0.15, 0.2) is 16.7 Å². The van der Waals surface area contributed by atoms with Gasteiger partial charge < -0.3 is 9.15 Å². The Hall–Kier alpha value is -1.29. The molecule has 0 unspecified atom stereocenters. The first-order valence-electron chi connectivity index (χ1n) is 3.02. The molecule has 1 aromatic heterocycles. The van der Waals surface area contributed by atoms with Gasteiger partial charge in [0.05, 0.1) is 18.9 Å². The van der Waals surface area contributed by atoms with Crippen LogP contribution in [0.5, 0.6) is 0 Å². The van der Waals surface area contributed by atoms with Gasteiger partial charge in [0.25, 0.3) is 5.24 Å². The summed E-state index contributed by atoms with van der Waals surface area (Å²) in [6, 6.07) is 1.31. The van der Waals surface area contributed by atoms with Gasteiger partial charge in [-0.15, -0.1) is 0 Å². The summed E-state index contributed by atoms with van der Waals surface area (Å²) in [5.74, 6) is -0.888. The smallest absolute Gasteiger partial charge is 0.374 e. The summed E-state index contributed by atoms with van der Waals surface area (Å²) in [5.41, 5.74) is 0.0171. The van der Waals surface area contributed by atoms with E-state index in [2.05, 4.69) is 4.74 Å². The van der Waals surface area contributed by atoms with Gasteiger partial charge in [0, 0.05) is 0 Å². The normalized spacial score (nSPS) is 9.50. The second kappa shape index (κ2) is 3.40. The van der Waals surface area contributed by atoms with Crippen molar-refractivity contribution in [2.75, 3.05) is 7.11 Å². The fourth-order valence-corrected chi connectivity index (χ4v) is 0.864. The molecule has 1 heterocycles. The number of halogens is 1. The number of esters is 1. The predicted molar refractivity (Wildman–Crippen MR) is 40.2 cm³/mol. The standard InChI is InChI=1S/C7H5ClO4/c1-11-7(10)5-4(6(8)9)2-3-12-5/h2-3H,1H3. The van der Waals surface area contributed by atoms with Gasteiger partial charge in [0.15, 0.2) is 0 Å². The zero-order chi connectivity index (χ0) is 9.14. The largest absolute Gasteiger partial charge is 0.463 e. The molecule has 0 saturated carbocycles. The van der Waals surface area contributed by atoms with E-state index in [1.54, 1.807) is 0 Å². The molecule has 0 aliphatic heterocycles. The van der Waals surface area contributed by atoms with Crippen LogP contribution in [-0.2, 0) is 4.74 Å². The Morgan fingerprint density at radius 3 is 2.75 bits per heavy atom. The Balaban J connectivity index is 3.07. The van der Waals surface area contributed by atoms with Crippen LogP contribution in [0.1, 0.15) is 20.9 Å². The summed E-state index contributed by atoms with van der Waals surface area (Å²) in [5, 5.41) is -0.746. The molecule has 0 bridgehead atoms. The summed E-state index contributed by atoms with van der Waals surface area (Å²) in [7, 11) is 1.19. The number of hydrogen-bond donors (Lipinski definition) is 0. The van der Waals surface area contributed by atoms with Gasteiger partial charge >= 0.3 is 5.97 Å². The summed E-state index contributed by atoms with van der Waals surface area (Å²) >= 11 is 5.14. The second-order valence-electron chi connectivity index (χ2n) is 1.93. The molecule has 1 aromatic rings. The third kappa shape index (κ3) is 1.48. The van der Waals surface area contributed by atoms with Gasteiger partial charge in [-0.2, -0.15) is 0 Å². The Kier molecular flexibility index (Phi) is 2.50. The highest BCUT2D eigenvalue weighted by Gasteiger charge is 2.19. The lowest BCUT2D eigenvalue weighted by Gasteiger charge is -1.94. The first-order valence-corrected chi connectivity index (χ1v) is 3.40. The minimum Gasteiger partial charge on any atom is -0.463 e. The number of ether oxygens (including phenoxy) is 1. The van der Waals surface area contributed by atoms with E-state index >= 15 is 0 Å². The summed E-state index contributed by atoms with van der Waals surface area (Å²) in [6.07, 6.45) is 1.20. The van der Waals surface area contributed by atoms with Crippen molar-refractivity contribution in [2.45, 2.75) is 0 Å². The molecular formula is C7H5ClO4. The zero-order valence-electron chi connectivity index (χ0n) is 6.17. The number of carbonyl (C=O) groups excluding carboxylic acids is 2. The second-order valence-corrected chi connectivity index (χ2v) is 2.27. The van der Waals surface area contributed by atoms with E-state index in [1.165, 1.54) is 19.4 Å². The van der Waals surface area contributed by atoms with Crippen LogP contribution < -0.4 is 0 Å². The molecular weight excluding hydrogens is 184 g/mol. The van der Waals surface area contributed by atoms with Crippen LogP contribution in [0.2, 0.25) is 0 Å². The quantitative estimate of drug-likeness (QED) is 0.521. The molecule has 0 spiro atoms. The van der Waals surface area contributed by atoms with Gasteiger partial charge in [-0.05, 0) is 17.7 Å². The van der Waals surface area contributed by atoms with Crippen LogP contribution in [0.3, 0.4) is 0 Å². The maximum absolute atomic E-state index is 10.9. The fourth-order valence-electron chi connectivity index (χ4n) is 0.715. The first kappa shape index (κ1) is 8.80. The van der Waals surface area contributed by atoms with E-state index < -0.39 is 11.2 Å². The van der Waals surface area contributed by atoms with Gasteiger partial charge in [-0.25, -0.2) is 4.79 Å². The molecule has 4 nitrogen and oxygen atoms in total. The van der Waals surface area contributed by atoms with Crippen LogP contribution >= 0.6 is 11.6 Å². The third-order valence-corrected chi connectivity index (χ3v) is 1.45. The molecule has 0 aromatic carbocycles. The van der Waals surface area contributed by atoms with Gasteiger partial charge in [0.2, 0.25) is 5.76 Å². The van der Waals surface area contributed by atoms with E-state index in [9.17, 15) is 9.59 Å². The minimum absolute atomic E-state index is 0.0171. The molecule has 12 heavy (non-hydrogen) atoms. The molecule has 0 aliphatic carbocycles. The van der Waals surface area contributed by atoms with E-state index in [-0.39, 0.29) is 11.3 Å². The van der Waals surface area contributed by atoms with Crippen LogP contribution in [0.25, 0.3) is 0 Å². The molecule has 0 amide bonds. The van der Waals surface area contributed by atoms with Gasteiger partial charge in [-0.3, -0.25) is 4.79 Å².